The number of nitrogens with zero attached hydrogens (tertiary/aromatic N) is 7. The first kappa shape index (κ1) is 45.8. The molecular weight excluding hydrogens is 870 g/mol. The number of nitrogens with one attached hydrogen (secondary N) is 2. The van der Waals surface area contributed by atoms with Crippen LogP contribution in [-0.2, 0) is 14.4 Å². The van der Waals surface area contributed by atoms with Gasteiger partial charge in [0.2, 0.25) is 11.8 Å². The number of fused-ring (bicyclic) bond motifs is 1. The summed E-state index contributed by atoms with van der Waals surface area (Å²) in [5, 5.41) is 23.6. The molecule has 16 heteroatoms. The summed E-state index contributed by atoms with van der Waals surface area (Å²) in [6.07, 6.45) is 4.14. The summed E-state index contributed by atoms with van der Waals surface area (Å²) >= 11 is 6.25. The first-order valence-electron chi connectivity index (χ1n) is 23.4. The van der Waals surface area contributed by atoms with Crippen LogP contribution in [0.25, 0.3) is 10.9 Å². The van der Waals surface area contributed by atoms with E-state index in [1.54, 1.807) is 30.3 Å². The minimum absolute atomic E-state index is 0.100. The average Bonchev–Trinajstić information content (AvgIpc) is 3.30. The van der Waals surface area contributed by atoms with Crippen molar-refractivity contribution < 1.29 is 23.9 Å². The summed E-state index contributed by atoms with van der Waals surface area (Å²) in [6.45, 7) is 14.1. The number of nitriles is 1. The second kappa shape index (κ2) is 18.4. The molecule has 1 saturated carbocycles. The Hall–Kier alpha value is -6.29. The molecule has 15 nitrogen and oxygen atoms in total. The van der Waals surface area contributed by atoms with Crippen molar-refractivity contribution in [1.82, 2.24) is 35.4 Å². The zero-order valence-corrected chi connectivity index (χ0v) is 39.1. The summed E-state index contributed by atoms with van der Waals surface area (Å²) in [6, 6.07) is 19.0. The van der Waals surface area contributed by atoms with Crippen LogP contribution in [0.5, 0.6) is 5.75 Å². The maximum atomic E-state index is 13.5. The second-order valence-corrected chi connectivity index (χ2v) is 20.5. The molecule has 4 saturated heterocycles. The Kier molecular flexibility index (Phi) is 12.6. The van der Waals surface area contributed by atoms with E-state index in [0.717, 1.165) is 74.3 Å². The number of hydrogen-bond donors (Lipinski definition) is 2. The molecule has 4 amide bonds. The molecule has 0 spiro atoms. The van der Waals surface area contributed by atoms with E-state index in [2.05, 4.69) is 76.4 Å². The predicted molar refractivity (Wildman–Crippen MR) is 252 cm³/mol. The van der Waals surface area contributed by atoms with E-state index in [-0.39, 0.29) is 59.5 Å². The van der Waals surface area contributed by atoms with Gasteiger partial charge in [0.05, 0.1) is 21.9 Å². The molecule has 0 radical (unpaired) electrons. The van der Waals surface area contributed by atoms with Crippen molar-refractivity contribution in [1.29, 1.82) is 5.26 Å². The Morgan fingerprint density at radius 3 is 2.30 bits per heavy atom. The molecular formula is C51H56ClN9O6. The number of amides is 4. The van der Waals surface area contributed by atoms with E-state index in [0.29, 0.717) is 57.7 Å². The van der Waals surface area contributed by atoms with Gasteiger partial charge in [-0.25, -0.2) is 0 Å². The number of halogens is 1. The number of piperidine rings is 3. The van der Waals surface area contributed by atoms with Crippen molar-refractivity contribution in [3.8, 4) is 23.7 Å². The predicted octanol–water partition coefficient (Wildman–Crippen LogP) is 5.34. The zero-order chi connectivity index (χ0) is 47.2. The monoisotopic (exact) mass is 925 g/mol. The SMILES string of the molecule is CC1(C)C(NC(=O)c2ccc(C#CC3CCN(CC4CCN(C(=O)C5CN(c6ccc7nnn(C8CCC(=O)NC8=O)c(=O)c7c6)C5)CC4)CC3)cc2)C(C)(C)C1Oc1ccc(C#N)c(Cl)c1. The van der Waals surface area contributed by atoms with Crippen LogP contribution in [0.3, 0.4) is 0 Å². The normalized spacial score (nSPS) is 23.3. The molecule has 1 aliphatic carbocycles. The fourth-order valence-electron chi connectivity index (χ4n) is 11.1. The number of ether oxygens (including phenoxy) is 1. The Morgan fingerprint density at radius 1 is 0.910 bits per heavy atom. The average molecular weight is 927 g/mol. The Morgan fingerprint density at radius 2 is 1.63 bits per heavy atom. The lowest BCUT2D eigenvalue weighted by molar-refractivity contribution is -0.164. The molecule has 3 aromatic carbocycles. The highest BCUT2D eigenvalue weighted by molar-refractivity contribution is 6.31. The van der Waals surface area contributed by atoms with E-state index in [1.807, 2.05) is 35.2 Å². The standard InChI is InChI=1S/C51H56ClN9O6/c1-50(2)48(51(3,4)49(50)67-38-13-11-35(27-53)40(52)26-38)55-44(63)34-9-7-31(8-10-34)5-6-32-17-21-58(22-18-32)28-33-19-23-59(24-20-33)46(65)36-29-60(30-36)37-12-14-41-39(25-37)47(66)61(57-56-41)42-15-16-43(62)54-45(42)64/h7-14,25-26,32-33,36,42,48-49H,15-24,28-30H2,1-4H3,(H,55,63)(H,54,62,64). The molecule has 4 aromatic rings. The fraction of sp³-hybridized carbons (Fsp3) is 0.490. The second-order valence-electron chi connectivity index (χ2n) is 20.1. The number of hydrogen-bond acceptors (Lipinski definition) is 11. The largest absolute Gasteiger partial charge is 0.489 e. The maximum absolute atomic E-state index is 13.5. The Bertz CT molecular complexity index is 2750. The topological polar surface area (TPSA) is 183 Å². The number of anilines is 1. The van der Waals surface area contributed by atoms with Gasteiger partial charge in [-0.1, -0.05) is 56.4 Å². The third kappa shape index (κ3) is 9.24. The van der Waals surface area contributed by atoms with E-state index in [4.69, 9.17) is 16.3 Å². The Labute approximate surface area is 395 Å². The lowest BCUT2D eigenvalue weighted by Gasteiger charge is -2.63. The van der Waals surface area contributed by atoms with Gasteiger partial charge >= 0.3 is 0 Å². The van der Waals surface area contributed by atoms with Crippen LogP contribution in [0.4, 0.5) is 5.69 Å². The lowest BCUT2D eigenvalue weighted by atomic mass is 9.49. The molecule has 1 unspecified atom stereocenters. The van der Waals surface area contributed by atoms with Gasteiger partial charge in [0.25, 0.3) is 17.4 Å². The summed E-state index contributed by atoms with van der Waals surface area (Å²) in [5.41, 5.74) is 1.94. The molecule has 348 valence electrons. The molecule has 4 aliphatic heterocycles. The van der Waals surface area contributed by atoms with Crippen molar-refractivity contribution in [3.63, 3.8) is 0 Å². The molecule has 5 fully saturated rings. The van der Waals surface area contributed by atoms with Crippen molar-refractivity contribution >= 4 is 51.8 Å². The van der Waals surface area contributed by atoms with Gasteiger partial charge < -0.3 is 24.8 Å². The number of benzene rings is 3. The quantitative estimate of drug-likeness (QED) is 0.163. The molecule has 1 aromatic heterocycles. The molecule has 0 bridgehead atoms. The van der Waals surface area contributed by atoms with Crippen LogP contribution in [0.15, 0.2) is 65.5 Å². The number of likely N-dealkylation sites (tertiary alicyclic amines) is 2. The highest BCUT2D eigenvalue weighted by Crippen LogP contribution is 2.55. The number of carbonyl (C=O) groups excluding carboxylic acids is 4. The van der Waals surface area contributed by atoms with Gasteiger partial charge in [0.15, 0.2) is 0 Å². The number of aromatic nitrogens is 3. The maximum Gasteiger partial charge on any atom is 0.278 e. The van der Waals surface area contributed by atoms with Crippen LogP contribution in [0, 0.1) is 51.8 Å². The third-order valence-electron chi connectivity index (χ3n) is 14.8. The minimum atomic E-state index is -0.886. The first-order chi connectivity index (χ1) is 32.1. The first-order valence-corrected chi connectivity index (χ1v) is 23.7. The number of imide groups is 1. The van der Waals surface area contributed by atoms with E-state index in [1.165, 1.54) is 0 Å². The van der Waals surface area contributed by atoms with E-state index < -0.39 is 17.5 Å². The van der Waals surface area contributed by atoms with Crippen LogP contribution in [0.2, 0.25) is 5.02 Å². The van der Waals surface area contributed by atoms with Gasteiger partial charge in [-0.2, -0.15) is 9.94 Å². The van der Waals surface area contributed by atoms with E-state index >= 15 is 0 Å². The van der Waals surface area contributed by atoms with Crippen molar-refractivity contribution in [3.05, 3.63) is 92.7 Å². The van der Waals surface area contributed by atoms with Crippen molar-refractivity contribution in [2.45, 2.75) is 84.4 Å². The van der Waals surface area contributed by atoms with Gasteiger partial charge in [0.1, 0.15) is 29.5 Å². The van der Waals surface area contributed by atoms with Crippen LogP contribution >= 0.6 is 11.6 Å². The van der Waals surface area contributed by atoms with E-state index in [9.17, 15) is 29.2 Å². The lowest BCUT2D eigenvalue weighted by Crippen LogP contribution is -2.74. The summed E-state index contributed by atoms with van der Waals surface area (Å²) in [7, 11) is 0. The molecule has 1 atom stereocenters. The van der Waals surface area contributed by atoms with Gasteiger partial charge in [-0.15, -0.1) is 5.10 Å². The zero-order valence-electron chi connectivity index (χ0n) is 38.4. The molecule has 5 aliphatic rings. The number of carbonyl (C=O) groups is 4. The molecule has 67 heavy (non-hydrogen) atoms. The third-order valence-corrected chi connectivity index (χ3v) is 15.1. The molecule has 5 heterocycles. The molecule has 9 rings (SSSR count). The molecule has 2 N–H and O–H groups in total. The van der Waals surface area contributed by atoms with Gasteiger partial charge in [-0.05, 0) is 106 Å². The summed E-state index contributed by atoms with van der Waals surface area (Å²) < 4.78 is 7.44. The summed E-state index contributed by atoms with van der Waals surface area (Å²) in [5.74, 6) is 7.34. The smallest absolute Gasteiger partial charge is 0.278 e. The van der Waals surface area contributed by atoms with Gasteiger partial charge in [0, 0.05) is 84.8 Å². The van der Waals surface area contributed by atoms with Crippen LogP contribution in [0.1, 0.15) is 93.7 Å². The highest BCUT2D eigenvalue weighted by atomic mass is 35.5. The fourth-order valence-corrected chi connectivity index (χ4v) is 11.3. The summed E-state index contributed by atoms with van der Waals surface area (Å²) in [4.78, 5) is 71.0. The van der Waals surface area contributed by atoms with Crippen LogP contribution < -0.4 is 25.8 Å². The van der Waals surface area contributed by atoms with Crippen molar-refractivity contribution in [2.75, 3.05) is 50.7 Å². The van der Waals surface area contributed by atoms with Gasteiger partial charge in [-0.3, -0.25) is 29.3 Å². The minimum Gasteiger partial charge on any atom is -0.489 e. The highest BCUT2D eigenvalue weighted by Gasteiger charge is 2.64. The van der Waals surface area contributed by atoms with Crippen LogP contribution in [-0.4, -0.2) is 106 Å². The Balaban J connectivity index is 0.690. The van der Waals surface area contributed by atoms with Crippen molar-refractivity contribution in [2.24, 2.45) is 28.6 Å². The number of rotatable bonds is 9.